The molecule has 0 bridgehead atoms. The molecule has 4 nitrogen and oxygen atoms in total. The van der Waals surface area contributed by atoms with E-state index in [1.54, 1.807) is 30.3 Å². The maximum atomic E-state index is 13.9. The SMILES string of the molecule is N#Cc1c(-c2ccccc2F)nc2ccccn2c1=O. The highest BCUT2D eigenvalue weighted by Gasteiger charge is 2.16. The second kappa shape index (κ2) is 4.59. The monoisotopic (exact) mass is 265 g/mol. The zero-order valence-electron chi connectivity index (χ0n) is 10.2. The van der Waals surface area contributed by atoms with Gasteiger partial charge in [-0.1, -0.05) is 18.2 Å². The van der Waals surface area contributed by atoms with Crippen LogP contribution < -0.4 is 5.56 Å². The number of nitrogens with zero attached hydrogens (tertiary/aromatic N) is 3. The molecule has 0 aliphatic heterocycles. The summed E-state index contributed by atoms with van der Waals surface area (Å²) in [6.07, 6.45) is 1.52. The van der Waals surface area contributed by atoms with Gasteiger partial charge in [0.2, 0.25) is 0 Å². The Morgan fingerprint density at radius 3 is 2.65 bits per heavy atom. The number of benzene rings is 1. The van der Waals surface area contributed by atoms with Crippen molar-refractivity contribution in [3.63, 3.8) is 0 Å². The molecule has 20 heavy (non-hydrogen) atoms. The number of hydrogen-bond acceptors (Lipinski definition) is 3. The lowest BCUT2D eigenvalue weighted by Crippen LogP contribution is -2.19. The molecule has 0 aliphatic carbocycles. The largest absolute Gasteiger partial charge is 0.276 e. The van der Waals surface area contributed by atoms with Crippen LogP contribution in [0.1, 0.15) is 5.56 Å². The van der Waals surface area contributed by atoms with E-state index in [1.807, 2.05) is 6.07 Å². The maximum absolute atomic E-state index is 13.9. The van der Waals surface area contributed by atoms with Gasteiger partial charge in [-0.2, -0.15) is 5.26 Å². The number of aromatic nitrogens is 2. The molecule has 0 saturated heterocycles. The Morgan fingerprint density at radius 1 is 1.15 bits per heavy atom. The van der Waals surface area contributed by atoms with E-state index in [2.05, 4.69) is 4.98 Å². The van der Waals surface area contributed by atoms with E-state index in [4.69, 9.17) is 0 Å². The van der Waals surface area contributed by atoms with Crippen LogP contribution in [-0.4, -0.2) is 9.38 Å². The van der Waals surface area contributed by atoms with E-state index in [9.17, 15) is 14.4 Å². The van der Waals surface area contributed by atoms with Crippen molar-refractivity contribution in [2.24, 2.45) is 0 Å². The second-order valence-electron chi connectivity index (χ2n) is 4.16. The van der Waals surface area contributed by atoms with Crippen LogP contribution in [0.15, 0.2) is 53.5 Å². The standard InChI is InChI=1S/C15H8FN3O/c16-12-6-2-1-5-10(12)14-11(9-17)15(20)19-8-4-3-7-13(19)18-14/h1-8H. The van der Waals surface area contributed by atoms with E-state index < -0.39 is 11.4 Å². The molecule has 0 N–H and O–H groups in total. The summed E-state index contributed by atoms with van der Waals surface area (Å²) in [4.78, 5) is 16.5. The fourth-order valence-corrected chi connectivity index (χ4v) is 2.04. The van der Waals surface area contributed by atoms with Crippen LogP contribution in [0.25, 0.3) is 16.9 Å². The van der Waals surface area contributed by atoms with Crippen LogP contribution in [0.2, 0.25) is 0 Å². The van der Waals surface area contributed by atoms with Crippen molar-refractivity contribution in [1.29, 1.82) is 5.26 Å². The highest BCUT2D eigenvalue weighted by molar-refractivity contribution is 5.68. The van der Waals surface area contributed by atoms with Crippen molar-refractivity contribution >= 4 is 5.65 Å². The summed E-state index contributed by atoms with van der Waals surface area (Å²) in [5, 5.41) is 9.19. The molecule has 5 heteroatoms. The Bertz CT molecular complexity index is 909. The van der Waals surface area contributed by atoms with Gasteiger partial charge in [-0.15, -0.1) is 0 Å². The first kappa shape index (κ1) is 12.1. The molecule has 1 aromatic carbocycles. The van der Waals surface area contributed by atoms with E-state index in [0.29, 0.717) is 5.65 Å². The van der Waals surface area contributed by atoms with Gasteiger partial charge in [0.25, 0.3) is 5.56 Å². The van der Waals surface area contributed by atoms with Gasteiger partial charge in [0.1, 0.15) is 23.1 Å². The third-order valence-corrected chi connectivity index (χ3v) is 2.97. The van der Waals surface area contributed by atoms with Crippen LogP contribution in [0, 0.1) is 17.1 Å². The van der Waals surface area contributed by atoms with Gasteiger partial charge in [-0.3, -0.25) is 9.20 Å². The van der Waals surface area contributed by atoms with Crippen molar-refractivity contribution in [3.8, 4) is 17.3 Å². The Labute approximate surface area is 113 Å². The lowest BCUT2D eigenvalue weighted by molar-refractivity contribution is 0.630. The molecule has 0 radical (unpaired) electrons. The van der Waals surface area contributed by atoms with Gasteiger partial charge in [-0.05, 0) is 24.3 Å². The van der Waals surface area contributed by atoms with Crippen molar-refractivity contribution in [2.75, 3.05) is 0 Å². The zero-order chi connectivity index (χ0) is 14.1. The number of pyridine rings is 1. The highest BCUT2D eigenvalue weighted by atomic mass is 19.1. The van der Waals surface area contributed by atoms with Crippen LogP contribution >= 0.6 is 0 Å². The van der Waals surface area contributed by atoms with Crippen molar-refractivity contribution < 1.29 is 4.39 Å². The third kappa shape index (κ3) is 1.75. The predicted molar refractivity (Wildman–Crippen MR) is 71.6 cm³/mol. The molecule has 3 aromatic rings. The summed E-state index contributed by atoms with van der Waals surface area (Å²) in [5.41, 5.74) is -0.0841. The molecule has 2 aromatic heterocycles. The zero-order valence-corrected chi connectivity index (χ0v) is 10.2. The second-order valence-corrected chi connectivity index (χ2v) is 4.16. The summed E-state index contributed by atoms with van der Waals surface area (Å²) in [6, 6.07) is 12.8. The molecule has 2 heterocycles. The number of nitriles is 1. The fraction of sp³-hybridized carbons (Fsp3) is 0. The first-order valence-electron chi connectivity index (χ1n) is 5.89. The topological polar surface area (TPSA) is 58.2 Å². The Morgan fingerprint density at radius 2 is 1.90 bits per heavy atom. The molecule has 0 aliphatic rings. The minimum atomic E-state index is -0.517. The van der Waals surface area contributed by atoms with E-state index >= 15 is 0 Å². The first-order valence-corrected chi connectivity index (χ1v) is 5.89. The minimum absolute atomic E-state index is 0.0711. The lowest BCUT2D eigenvalue weighted by Gasteiger charge is -2.07. The summed E-state index contributed by atoms with van der Waals surface area (Å²) < 4.78 is 15.1. The summed E-state index contributed by atoms with van der Waals surface area (Å²) in [7, 11) is 0. The smallest absolute Gasteiger partial charge is 0.267 e. The molecule has 96 valence electrons. The fourth-order valence-electron chi connectivity index (χ4n) is 2.04. The van der Waals surface area contributed by atoms with Gasteiger partial charge in [0, 0.05) is 11.8 Å². The number of halogens is 1. The van der Waals surface area contributed by atoms with Crippen molar-refractivity contribution in [1.82, 2.24) is 9.38 Å². The molecule has 0 amide bonds. The van der Waals surface area contributed by atoms with E-state index in [1.165, 1.54) is 22.7 Å². The predicted octanol–water partition coefficient (Wildman–Crippen LogP) is 2.37. The average molecular weight is 265 g/mol. The van der Waals surface area contributed by atoms with Gasteiger partial charge in [0.15, 0.2) is 0 Å². The number of fused-ring (bicyclic) bond motifs is 1. The van der Waals surface area contributed by atoms with Crippen LogP contribution in [0.3, 0.4) is 0 Å². The first-order chi connectivity index (χ1) is 9.72. The van der Waals surface area contributed by atoms with Crippen LogP contribution in [0.4, 0.5) is 4.39 Å². The minimum Gasteiger partial charge on any atom is -0.267 e. The van der Waals surface area contributed by atoms with E-state index in [0.717, 1.165) is 0 Å². The number of hydrogen-bond donors (Lipinski definition) is 0. The molecule has 0 unspecified atom stereocenters. The van der Waals surface area contributed by atoms with Crippen molar-refractivity contribution in [3.05, 3.63) is 70.4 Å². The normalized spacial score (nSPS) is 10.4. The average Bonchev–Trinajstić information content (AvgIpc) is 2.48. The van der Waals surface area contributed by atoms with Crippen molar-refractivity contribution in [2.45, 2.75) is 0 Å². The third-order valence-electron chi connectivity index (χ3n) is 2.97. The molecule has 0 spiro atoms. The Hall–Kier alpha value is -3.00. The van der Waals surface area contributed by atoms with Crippen LogP contribution in [-0.2, 0) is 0 Å². The van der Waals surface area contributed by atoms with Gasteiger partial charge < -0.3 is 0 Å². The molecule has 0 atom stereocenters. The molecule has 0 saturated carbocycles. The summed E-state index contributed by atoms with van der Waals surface area (Å²) >= 11 is 0. The maximum Gasteiger partial charge on any atom is 0.276 e. The van der Waals surface area contributed by atoms with Crippen LogP contribution in [0.5, 0.6) is 0 Å². The summed E-state index contributed by atoms with van der Waals surface area (Å²) in [5.74, 6) is -0.517. The molecular weight excluding hydrogens is 257 g/mol. The molecule has 3 rings (SSSR count). The Balaban J connectivity index is 2.46. The van der Waals surface area contributed by atoms with Gasteiger partial charge in [0.05, 0.1) is 5.69 Å². The lowest BCUT2D eigenvalue weighted by atomic mass is 10.1. The molecule has 0 fully saturated rings. The summed E-state index contributed by atoms with van der Waals surface area (Å²) in [6.45, 7) is 0. The quantitative estimate of drug-likeness (QED) is 0.678. The van der Waals surface area contributed by atoms with Gasteiger partial charge >= 0.3 is 0 Å². The molecular formula is C15H8FN3O. The highest BCUT2D eigenvalue weighted by Crippen LogP contribution is 2.22. The van der Waals surface area contributed by atoms with E-state index in [-0.39, 0.29) is 16.8 Å². The van der Waals surface area contributed by atoms with Gasteiger partial charge in [-0.25, -0.2) is 9.37 Å². The Kier molecular flexibility index (Phi) is 2.77. The number of rotatable bonds is 1.